The second kappa shape index (κ2) is 7.97. The first-order valence-electron chi connectivity index (χ1n) is 10.6. The van der Waals surface area contributed by atoms with E-state index in [9.17, 15) is 0 Å². The molecule has 3 saturated heterocycles. The van der Waals surface area contributed by atoms with E-state index < -0.39 is 18.3 Å². The fraction of sp³-hybridized carbons (Fsp3) is 0.714. The van der Waals surface area contributed by atoms with E-state index in [1.165, 1.54) is 0 Å². The standard InChI is InChI=1S/C21H31BFN3O3/c1-20(2)21(3,4)29-22(28-20)19(23)16-5-9-26(10-6-16)18-13-17(24-14-25-18)15-7-11-27-12-8-15/h13-15H,5-12H2,1-4H3. The molecular weight excluding hydrogens is 372 g/mol. The second-order valence-electron chi connectivity index (χ2n) is 9.21. The maximum atomic E-state index is 15.1. The third-order valence-electron chi connectivity index (χ3n) is 6.80. The van der Waals surface area contributed by atoms with Gasteiger partial charge in [0.2, 0.25) is 0 Å². The van der Waals surface area contributed by atoms with Crippen molar-refractivity contribution in [1.82, 2.24) is 9.97 Å². The number of anilines is 1. The van der Waals surface area contributed by atoms with Gasteiger partial charge in [0.25, 0.3) is 0 Å². The lowest BCUT2D eigenvalue weighted by molar-refractivity contribution is 0.00578. The van der Waals surface area contributed by atoms with Crippen LogP contribution in [-0.4, -0.2) is 54.6 Å². The van der Waals surface area contributed by atoms with Gasteiger partial charge in [0, 0.05) is 44.0 Å². The first-order chi connectivity index (χ1) is 13.8. The number of piperidine rings is 1. The smallest absolute Gasteiger partial charge is 0.398 e. The predicted molar refractivity (Wildman–Crippen MR) is 110 cm³/mol. The molecule has 0 N–H and O–H groups in total. The Bertz CT molecular complexity index is 754. The molecule has 29 heavy (non-hydrogen) atoms. The fourth-order valence-electron chi connectivity index (χ4n) is 4.11. The Balaban J connectivity index is 1.41. The molecule has 6 nitrogen and oxygen atoms in total. The highest BCUT2D eigenvalue weighted by Gasteiger charge is 2.53. The Labute approximate surface area is 173 Å². The van der Waals surface area contributed by atoms with E-state index in [0.29, 0.717) is 18.8 Å². The molecule has 0 spiro atoms. The highest BCUT2D eigenvalue weighted by molar-refractivity contribution is 6.53. The molecule has 0 bridgehead atoms. The molecule has 4 rings (SSSR count). The third kappa shape index (κ3) is 4.20. The van der Waals surface area contributed by atoms with Crippen LogP contribution in [0.2, 0.25) is 0 Å². The highest BCUT2D eigenvalue weighted by atomic mass is 19.1. The summed E-state index contributed by atoms with van der Waals surface area (Å²) in [5, 5.41) is 0. The minimum Gasteiger partial charge on any atom is -0.398 e. The maximum Gasteiger partial charge on any atom is 0.525 e. The summed E-state index contributed by atoms with van der Waals surface area (Å²) in [6.45, 7) is 10.8. The summed E-state index contributed by atoms with van der Waals surface area (Å²) < 4.78 is 32.3. The van der Waals surface area contributed by atoms with E-state index in [0.717, 1.165) is 56.2 Å². The van der Waals surface area contributed by atoms with Crippen molar-refractivity contribution in [3.05, 3.63) is 29.4 Å². The number of nitrogens with zero attached hydrogens (tertiary/aromatic N) is 3. The van der Waals surface area contributed by atoms with Gasteiger partial charge in [-0.1, -0.05) is 0 Å². The number of rotatable bonds is 3. The molecule has 3 fully saturated rings. The van der Waals surface area contributed by atoms with Gasteiger partial charge in [-0.05, 0) is 59.0 Å². The van der Waals surface area contributed by atoms with Crippen LogP contribution in [0.1, 0.15) is 65.0 Å². The lowest BCUT2D eigenvalue weighted by atomic mass is 9.82. The van der Waals surface area contributed by atoms with Crippen LogP contribution in [0.25, 0.3) is 0 Å². The Hall–Kier alpha value is -1.51. The van der Waals surface area contributed by atoms with E-state index in [1.54, 1.807) is 6.33 Å². The summed E-state index contributed by atoms with van der Waals surface area (Å²) in [4.78, 5) is 11.2. The van der Waals surface area contributed by atoms with E-state index >= 15 is 4.39 Å². The van der Waals surface area contributed by atoms with E-state index in [-0.39, 0.29) is 5.73 Å². The Morgan fingerprint density at radius 1 is 1.07 bits per heavy atom. The summed E-state index contributed by atoms with van der Waals surface area (Å²) in [7, 11) is -0.902. The van der Waals surface area contributed by atoms with Gasteiger partial charge in [0.05, 0.1) is 11.2 Å². The van der Waals surface area contributed by atoms with Gasteiger partial charge in [-0.2, -0.15) is 0 Å². The molecule has 8 heteroatoms. The van der Waals surface area contributed by atoms with Gasteiger partial charge in [-0.15, -0.1) is 0 Å². The molecule has 1 aromatic heterocycles. The van der Waals surface area contributed by atoms with Crippen LogP contribution in [0.5, 0.6) is 0 Å². The minimum atomic E-state index is -0.902. The lowest BCUT2D eigenvalue weighted by Crippen LogP contribution is -2.41. The van der Waals surface area contributed by atoms with Crippen LogP contribution >= 0.6 is 0 Å². The summed E-state index contributed by atoms with van der Waals surface area (Å²) in [5.74, 6) is 1.36. The van der Waals surface area contributed by atoms with Crippen molar-refractivity contribution in [3.63, 3.8) is 0 Å². The molecule has 0 amide bonds. The third-order valence-corrected chi connectivity index (χ3v) is 6.80. The largest absolute Gasteiger partial charge is 0.525 e. The number of hydrogen-bond acceptors (Lipinski definition) is 6. The van der Waals surface area contributed by atoms with Crippen LogP contribution in [0, 0.1) is 0 Å². The van der Waals surface area contributed by atoms with Crippen molar-refractivity contribution < 1.29 is 18.4 Å². The first kappa shape index (κ1) is 20.8. The van der Waals surface area contributed by atoms with Crippen molar-refractivity contribution >= 4 is 12.9 Å². The monoisotopic (exact) mass is 403 g/mol. The lowest BCUT2D eigenvalue weighted by Gasteiger charge is -2.32. The molecule has 0 atom stereocenters. The van der Waals surface area contributed by atoms with Crippen molar-refractivity contribution in [2.75, 3.05) is 31.2 Å². The van der Waals surface area contributed by atoms with Gasteiger partial charge in [-0.3, -0.25) is 0 Å². The van der Waals surface area contributed by atoms with Crippen LogP contribution < -0.4 is 4.90 Å². The van der Waals surface area contributed by atoms with Crippen molar-refractivity contribution in [2.45, 2.75) is 70.5 Å². The molecular formula is C21H31BFN3O3. The zero-order valence-electron chi connectivity index (χ0n) is 17.9. The Kier molecular flexibility index (Phi) is 5.70. The minimum absolute atomic E-state index is 0.256. The van der Waals surface area contributed by atoms with Gasteiger partial charge >= 0.3 is 7.12 Å². The predicted octanol–water partition coefficient (Wildman–Crippen LogP) is 3.83. The molecule has 0 unspecified atom stereocenters. The zero-order valence-corrected chi connectivity index (χ0v) is 17.9. The number of ether oxygens (including phenoxy) is 1. The molecule has 4 heterocycles. The van der Waals surface area contributed by atoms with Gasteiger partial charge in [-0.25, -0.2) is 14.4 Å². The van der Waals surface area contributed by atoms with Gasteiger partial charge in [0.1, 0.15) is 17.9 Å². The fourth-order valence-corrected chi connectivity index (χ4v) is 4.11. The molecule has 0 aliphatic carbocycles. The van der Waals surface area contributed by atoms with Crippen molar-refractivity contribution in [3.8, 4) is 0 Å². The first-order valence-corrected chi connectivity index (χ1v) is 10.6. The van der Waals surface area contributed by atoms with Crippen LogP contribution in [0.4, 0.5) is 10.2 Å². The van der Waals surface area contributed by atoms with E-state index in [2.05, 4.69) is 20.9 Å². The Morgan fingerprint density at radius 2 is 1.69 bits per heavy atom. The average molecular weight is 403 g/mol. The van der Waals surface area contributed by atoms with E-state index in [4.69, 9.17) is 14.0 Å². The zero-order chi connectivity index (χ0) is 20.6. The summed E-state index contributed by atoms with van der Waals surface area (Å²) in [5.41, 5.74) is 0.561. The molecule has 3 aliphatic rings. The van der Waals surface area contributed by atoms with E-state index in [1.807, 2.05) is 27.7 Å². The Morgan fingerprint density at radius 3 is 2.31 bits per heavy atom. The molecule has 0 aromatic carbocycles. The maximum absolute atomic E-state index is 15.1. The molecule has 3 aliphatic heterocycles. The topological polar surface area (TPSA) is 56.7 Å². The second-order valence-corrected chi connectivity index (χ2v) is 9.21. The molecule has 0 radical (unpaired) electrons. The highest BCUT2D eigenvalue weighted by Crippen LogP contribution is 2.40. The number of hydrogen-bond donors (Lipinski definition) is 0. The summed E-state index contributed by atoms with van der Waals surface area (Å²) in [6.07, 6.45) is 4.95. The van der Waals surface area contributed by atoms with Crippen molar-refractivity contribution in [1.29, 1.82) is 0 Å². The van der Waals surface area contributed by atoms with Crippen LogP contribution in [0.15, 0.2) is 23.7 Å². The summed E-state index contributed by atoms with van der Waals surface area (Å²) in [6, 6.07) is 2.09. The average Bonchev–Trinajstić information content (AvgIpc) is 2.95. The quantitative estimate of drug-likeness (QED) is 0.716. The SMILES string of the molecule is CC1(C)OB(C(F)=C2CCN(c3cc(C4CCOCC4)ncn3)CC2)OC1(C)C. The molecule has 0 saturated carbocycles. The summed E-state index contributed by atoms with van der Waals surface area (Å²) >= 11 is 0. The normalized spacial score (nSPS) is 24.8. The van der Waals surface area contributed by atoms with Crippen molar-refractivity contribution in [2.24, 2.45) is 0 Å². The van der Waals surface area contributed by atoms with Gasteiger partial charge in [0.15, 0.2) is 0 Å². The number of halogens is 1. The van der Waals surface area contributed by atoms with Crippen LogP contribution in [-0.2, 0) is 14.0 Å². The number of aromatic nitrogens is 2. The molecule has 158 valence electrons. The van der Waals surface area contributed by atoms with Gasteiger partial charge < -0.3 is 18.9 Å². The van der Waals surface area contributed by atoms with Crippen LogP contribution in [0.3, 0.4) is 0 Å². The molecule has 1 aromatic rings.